The minimum absolute atomic E-state index is 0.665. The van der Waals surface area contributed by atoms with Crippen molar-refractivity contribution in [1.82, 2.24) is 4.90 Å². The van der Waals surface area contributed by atoms with E-state index in [4.69, 9.17) is 0 Å². The Morgan fingerprint density at radius 2 is 1.80 bits per heavy atom. The first-order chi connectivity index (χ1) is 7.17. The van der Waals surface area contributed by atoms with Crippen molar-refractivity contribution in [3.8, 4) is 0 Å². The predicted molar refractivity (Wildman–Crippen MR) is 70.0 cm³/mol. The minimum Gasteiger partial charge on any atom is -0.297 e. The standard InChI is InChI=1S/C13H20BrN/c1-4-11(3)15(5-2)10-12-6-8-13(14)9-7-12/h6-9,11H,4-5,10H2,1-3H3. The molecule has 1 rings (SSSR count). The molecule has 0 heterocycles. The van der Waals surface area contributed by atoms with Gasteiger partial charge in [-0.15, -0.1) is 0 Å². The van der Waals surface area contributed by atoms with E-state index < -0.39 is 0 Å². The van der Waals surface area contributed by atoms with Gasteiger partial charge >= 0.3 is 0 Å². The lowest BCUT2D eigenvalue weighted by Gasteiger charge is -2.26. The zero-order chi connectivity index (χ0) is 11.3. The highest BCUT2D eigenvalue weighted by atomic mass is 79.9. The second-order valence-electron chi connectivity index (χ2n) is 3.95. The molecule has 0 N–H and O–H groups in total. The molecule has 84 valence electrons. The van der Waals surface area contributed by atoms with Crippen molar-refractivity contribution in [1.29, 1.82) is 0 Å². The highest BCUT2D eigenvalue weighted by Crippen LogP contribution is 2.14. The summed E-state index contributed by atoms with van der Waals surface area (Å²) in [7, 11) is 0. The van der Waals surface area contributed by atoms with E-state index in [0.717, 1.165) is 17.6 Å². The van der Waals surface area contributed by atoms with Gasteiger partial charge in [0.15, 0.2) is 0 Å². The number of benzene rings is 1. The molecule has 0 spiro atoms. The van der Waals surface area contributed by atoms with Gasteiger partial charge in [0.25, 0.3) is 0 Å². The Kier molecular flexibility index (Phi) is 5.34. The fourth-order valence-electron chi connectivity index (χ4n) is 1.66. The molecular weight excluding hydrogens is 250 g/mol. The maximum absolute atomic E-state index is 3.46. The van der Waals surface area contributed by atoms with Crippen LogP contribution in [-0.4, -0.2) is 17.5 Å². The van der Waals surface area contributed by atoms with Crippen molar-refractivity contribution in [2.45, 2.75) is 39.8 Å². The molecule has 0 fully saturated rings. The Morgan fingerprint density at radius 3 is 2.27 bits per heavy atom. The summed E-state index contributed by atoms with van der Waals surface area (Å²) in [6, 6.07) is 9.27. The second kappa shape index (κ2) is 6.29. The van der Waals surface area contributed by atoms with Crippen molar-refractivity contribution in [2.24, 2.45) is 0 Å². The third-order valence-corrected chi connectivity index (χ3v) is 3.45. The molecule has 0 radical (unpaired) electrons. The lowest BCUT2D eigenvalue weighted by molar-refractivity contribution is 0.206. The zero-order valence-corrected chi connectivity index (χ0v) is 11.4. The molecule has 1 unspecified atom stereocenters. The Labute approximate surface area is 102 Å². The molecular formula is C13H20BrN. The molecule has 0 bridgehead atoms. The van der Waals surface area contributed by atoms with Crippen LogP contribution in [-0.2, 0) is 6.54 Å². The Balaban J connectivity index is 2.62. The average Bonchev–Trinajstić information content (AvgIpc) is 2.27. The fourth-order valence-corrected chi connectivity index (χ4v) is 1.93. The van der Waals surface area contributed by atoms with Crippen molar-refractivity contribution >= 4 is 15.9 Å². The van der Waals surface area contributed by atoms with Crippen LogP contribution in [0.1, 0.15) is 32.8 Å². The smallest absolute Gasteiger partial charge is 0.0236 e. The monoisotopic (exact) mass is 269 g/mol. The Bertz CT molecular complexity index is 281. The first kappa shape index (κ1) is 12.7. The van der Waals surface area contributed by atoms with E-state index in [1.807, 2.05) is 0 Å². The molecule has 0 aromatic heterocycles. The van der Waals surface area contributed by atoms with Crippen LogP contribution in [0, 0.1) is 0 Å². The summed E-state index contributed by atoms with van der Waals surface area (Å²) in [6.07, 6.45) is 1.21. The summed E-state index contributed by atoms with van der Waals surface area (Å²) in [5, 5.41) is 0. The number of hydrogen-bond acceptors (Lipinski definition) is 1. The SMILES string of the molecule is CCC(C)N(CC)Cc1ccc(Br)cc1. The molecule has 2 heteroatoms. The van der Waals surface area contributed by atoms with Crippen LogP contribution in [0.5, 0.6) is 0 Å². The third kappa shape index (κ3) is 3.96. The van der Waals surface area contributed by atoms with Crippen LogP contribution in [0.25, 0.3) is 0 Å². The van der Waals surface area contributed by atoms with Crippen molar-refractivity contribution in [3.05, 3.63) is 34.3 Å². The van der Waals surface area contributed by atoms with Gasteiger partial charge in [-0.25, -0.2) is 0 Å². The highest BCUT2D eigenvalue weighted by Gasteiger charge is 2.09. The number of hydrogen-bond donors (Lipinski definition) is 0. The van der Waals surface area contributed by atoms with Gasteiger partial charge < -0.3 is 0 Å². The molecule has 0 saturated carbocycles. The summed E-state index contributed by atoms with van der Waals surface area (Å²) >= 11 is 3.46. The topological polar surface area (TPSA) is 3.24 Å². The van der Waals surface area contributed by atoms with Gasteiger partial charge in [-0.2, -0.15) is 0 Å². The molecule has 1 aromatic carbocycles. The molecule has 0 saturated heterocycles. The van der Waals surface area contributed by atoms with Gasteiger partial charge in [0, 0.05) is 17.1 Å². The zero-order valence-electron chi connectivity index (χ0n) is 9.83. The van der Waals surface area contributed by atoms with E-state index in [2.05, 4.69) is 65.9 Å². The van der Waals surface area contributed by atoms with Crippen LogP contribution in [0.15, 0.2) is 28.7 Å². The van der Waals surface area contributed by atoms with Crippen LogP contribution in [0.3, 0.4) is 0 Å². The predicted octanol–water partition coefficient (Wildman–Crippen LogP) is 4.07. The average molecular weight is 270 g/mol. The van der Waals surface area contributed by atoms with E-state index in [1.54, 1.807) is 0 Å². The van der Waals surface area contributed by atoms with Gasteiger partial charge in [0.2, 0.25) is 0 Å². The van der Waals surface area contributed by atoms with E-state index in [9.17, 15) is 0 Å². The molecule has 1 atom stereocenters. The van der Waals surface area contributed by atoms with Crippen molar-refractivity contribution < 1.29 is 0 Å². The van der Waals surface area contributed by atoms with E-state index in [1.165, 1.54) is 12.0 Å². The molecule has 15 heavy (non-hydrogen) atoms. The maximum Gasteiger partial charge on any atom is 0.0236 e. The van der Waals surface area contributed by atoms with E-state index in [-0.39, 0.29) is 0 Å². The summed E-state index contributed by atoms with van der Waals surface area (Å²) in [6.45, 7) is 8.94. The van der Waals surface area contributed by atoms with Crippen LogP contribution in [0.4, 0.5) is 0 Å². The van der Waals surface area contributed by atoms with Gasteiger partial charge in [0.05, 0.1) is 0 Å². The second-order valence-corrected chi connectivity index (χ2v) is 4.86. The Hall–Kier alpha value is -0.340. The Morgan fingerprint density at radius 1 is 1.20 bits per heavy atom. The molecule has 0 aliphatic rings. The van der Waals surface area contributed by atoms with Gasteiger partial charge in [-0.1, -0.05) is 41.9 Å². The molecule has 0 aliphatic heterocycles. The van der Waals surface area contributed by atoms with E-state index in [0.29, 0.717) is 6.04 Å². The molecule has 1 aromatic rings. The quantitative estimate of drug-likeness (QED) is 0.779. The lowest BCUT2D eigenvalue weighted by atomic mass is 10.1. The first-order valence-electron chi connectivity index (χ1n) is 5.65. The minimum atomic E-state index is 0.665. The van der Waals surface area contributed by atoms with Gasteiger partial charge in [0.1, 0.15) is 0 Å². The molecule has 1 nitrogen and oxygen atoms in total. The van der Waals surface area contributed by atoms with Crippen molar-refractivity contribution in [2.75, 3.05) is 6.54 Å². The number of halogens is 1. The van der Waals surface area contributed by atoms with Gasteiger partial charge in [-0.05, 0) is 37.6 Å². The normalized spacial score (nSPS) is 13.1. The lowest BCUT2D eigenvalue weighted by Crippen LogP contribution is -2.31. The highest BCUT2D eigenvalue weighted by molar-refractivity contribution is 9.10. The fraction of sp³-hybridized carbons (Fsp3) is 0.538. The number of rotatable bonds is 5. The summed E-state index contributed by atoms with van der Waals surface area (Å²) in [5.41, 5.74) is 1.39. The van der Waals surface area contributed by atoms with Crippen molar-refractivity contribution in [3.63, 3.8) is 0 Å². The largest absolute Gasteiger partial charge is 0.297 e. The summed E-state index contributed by atoms with van der Waals surface area (Å²) < 4.78 is 1.15. The van der Waals surface area contributed by atoms with Crippen LogP contribution in [0.2, 0.25) is 0 Å². The van der Waals surface area contributed by atoms with Crippen LogP contribution >= 0.6 is 15.9 Å². The number of nitrogens with zero attached hydrogens (tertiary/aromatic N) is 1. The first-order valence-corrected chi connectivity index (χ1v) is 6.45. The summed E-state index contributed by atoms with van der Waals surface area (Å²) in [5.74, 6) is 0. The van der Waals surface area contributed by atoms with Gasteiger partial charge in [-0.3, -0.25) is 4.90 Å². The third-order valence-electron chi connectivity index (χ3n) is 2.92. The summed E-state index contributed by atoms with van der Waals surface area (Å²) in [4.78, 5) is 2.50. The molecule has 0 aliphatic carbocycles. The van der Waals surface area contributed by atoms with Crippen LogP contribution < -0.4 is 0 Å². The maximum atomic E-state index is 3.46. The van der Waals surface area contributed by atoms with E-state index >= 15 is 0 Å². The molecule has 0 amide bonds.